The van der Waals surface area contributed by atoms with Gasteiger partial charge in [0.1, 0.15) is 0 Å². The van der Waals surface area contributed by atoms with E-state index in [-0.39, 0.29) is 18.0 Å². The van der Waals surface area contributed by atoms with Crippen molar-refractivity contribution in [1.29, 1.82) is 0 Å². The summed E-state index contributed by atoms with van der Waals surface area (Å²) in [5.41, 5.74) is 1.45. The van der Waals surface area contributed by atoms with Gasteiger partial charge < -0.3 is 5.32 Å². The first-order chi connectivity index (χ1) is 11.5. The summed E-state index contributed by atoms with van der Waals surface area (Å²) in [5, 5.41) is 2.60. The van der Waals surface area contributed by atoms with Crippen LogP contribution in [0.2, 0.25) is 0 Å². The van der Waals surface area contributed by atoms with Crippen molar-refractivity contribution in [2.45, 2.75) is 32.9 Å². The number of amides is 1. The van der Waals surface area contributed by atoms with Crippen LogP contribution < -0.4 is 5.32 Å². The van der Waals surface area contributed by atoms with E-state index in [1.54, 1.807) is 0 Å². The average molecular weight is 332 g/mol. The topological polar surface area (TPSA) is 32.3 Å². The highest BCUT2D eigenvalue weighted by Gasteiger charge is 2.13. The molecule has 5 heteroatoms. The van der Waals surface area contributed by atoms with Crippen molar-refractivity contribution < 1.29 is 13.6 Å². The number of hydrogen-bond donors (Lipinski definition) is 1. The van der Waals surface area contributed by atoms with Crippen LogP contribution in [-0.4, -0.2) is 23.4 Å². The van der Waals surface area contributed by atoms with Crippen molar-refractivity contribution in [3.05, 3.63) is 65.7 Å². The van der Waals surface area contributed by atoms with Crippen LogP contribution in [0.1, 0.15) is 25.8 Å². The fourth-order valence-electron chi connectivity index (χ4n) is 2.38. The van der Waals surface area contributed by atoms with E-state index < -0.39 is 11.6 Å². The minimum Gasteiger partial charge on any atom is -0.326 e. The van der Waals surface area contributed by atoms with E-state index in [0.29, 0.717) is 12.6 Å². The summed E-state index contributed by atoms with van der Waals surface area (Å²) in [6.45, 7) is 5.51. The maximum atomic E-state index is 13.2. The zero-order valence-corrected chi connectivity index (χ0v) is 13.9. The fraction of sp³-hybridized carbons (Fsp3) is 0.316. The van der Waals surface area contributed by atoms with E-state index in [4.69, 9.17) is 0 Å². The van der Waals surface area contributed by atoms with Gasteiger partial charge in [0.25, 0.3) is 0 Å². The molecule has 2 aromatic rings. The molecular weight excluding hydrogens is 310 g/mol. The molecule has 0 radical (unpaired) electrons. The van der Waals surface area contributed by atoms with Gasteiger partial charge in [0.05, 0.1) is 0 Å². The first-order valence-corrected chi connectivity index (χ1v) is 7.98. The molecule has 1 N–H and O–H groups in total. The van der Waals surface area contributed by atoms with Gasteiger partial charge in [-0.3, -0.25) is 9.69 Å². The molecule has 0 saturated carbocycles. The summed E-state index contributed by atoms with van der Waals surface area (Å²) in [5.74, 6) is -2.12. The molecule has 128 valence electrons. The van der Waals surface area contributed by atoms with E-state index in [9.17, 15) is 13.6 Å². The van der Waals surface area contributed by atoms with Crippen LogP contribution in [0.5, 0.6) is 0 Å². The standard InChI is InChI=1S/C19H22F2N2O/c1-14(2)23(13-15-6-4-3-5-7-15)11-10-19(24)22-16-8-9-17(20)18(21)12-16/h3-9,12,14H,10-11,13H2,1-2H3,(H,22,24). The molecule has 1 amide bonds. The highest BCUT2D eigenvalue weighted by atomic mass is 19.2. The number of benzene rings is 2. The number of anilines is 1. The summed E-state index contributed by atoms with van der Waals surface area (Å²) in [6.07, 6.45) is 0.282. The molecular formula is C19H22F2N2O. The van der Waals surface area contributed by atoms with Crippen LogP contribution in [0.25, 0.3) is 0 Å². The summed E-state index contributed by atoms with van der Waals surface area (Å²) < 4.78 is 26.0. The number of hydrogen-bond acceptors (Lipinski definition) is 2. The van der Waals surface area contributed by atoms with E-state index in [1.807, 2.05) is 18.2 Å². The van der Waals surface area contributed by atoms with Crippen LogP contribution in [0.3, 0.4) is 0 Å². The maximum absolute atomic E-state index is 13.2. The number of halogens is 2. The third kappa shape index (κ3) is 5.42. The Labute approximate surface area is 141 Å². The molecule has 0 atom stereocenters. The Morgan fingerprint density at radius 3 is 2.42 bits per heavy atom. The lowest BCUT2D eigenvalue weighted by Crippen LogP contribution is -2.33. The average Bonchev–Trinajstić information content (AvgIpc) is 2.55. The van der Waals surface area contributed by atoms with Crippen LogP contribution in [-0.2, 0) is 11.3 Å². The number of nitrogens with one attached hydrogen (secondary N) is 1. The zero-order chi connectivity index (χ0) is 17.5. The largest absolute Gasteiger partial charge is 0.326 e. The highest BCUT2D eigenvalue weighted by Crippen LogP contribution is 2.14. The summed E-state index contributed by atoms with van der Waals surface area (Å²) in [6, 6.07) is 13.7. The highest BCUT2D eigenvalue weighted by molar-refractivity contribution is 5.90. The number of rotatable bonds is 7. The van der Waals surface area contributed by atoms with Crippen LogP contribution >= 0.6 is 0 Å². The monoisotopic (exact) mass is 332 g/mol. The van der Waals surface area contributed by atoms with E-state index >= 15 is 0 Å². The van der Waals surface area contributed by atoms with Gasteiger partial charge in [0, 0.05) is 37.3 Å². The van der Waals surface area contributed by atoms with Gasteiger partial charge in [-0.1, -0.05) is 30.3 Å². The minimum atomic E-state index is -0.972. The van der Waals surface area contributed by atoms with Gasteiger partial charge in [-0.15, -0.1) is 0 Å². The molecule has 0 bridgehead atoms. The SMILES string of the molecule is CC(C)N(CCC(=O)Nc1ccc(F)c(F)c1)Cc1ccccc1. The predicted molar refractivity (Wildman–Crippen MR) is 91.6 cm³/mol. The van der Waals surface area contributed by atoms with Crippen LogP contribution in [0.15, 0.2) is 48.5 Å². The van der Waals surface area contributed by atoms with Gasteiger partial charge >= 0.3 is 0 Å². The first kappa shape index (κ1) is 18.1. The Hall–Kier alpha value is -2.27. The second-order valence-electron chi connectivity index (χ2n) is 5.98. The Morgan fingerprint density at radius 2 is 1.79 bits per heavy atom. The van der Waals surface area contributed by atoms with Crippen molar-refractivity contribution in [3.8, 4) is 0 Å². The van der Waals surface area contributed by atoms with Gasteiger partial charge in [-0.2, -0.15) is 0 Å². The first-order valence-electron chi connectivity index (χ1n) is 7.98. The van der Waals surface area contributed by atoms with Crippen molar-refractivity contribution >= 4 is 11.6 Å². The van der Waals surface area contributed by atoms with Crippen molar-refractivity contribution in [2.75, 3.05) is 11.9 Å². The van der Waals surface area contributed by atoms with E-state index in [2.05, 4.69) is 36.2 Å². The third-order valence-electron chi connectivity index (χ3n) is 3.79. The van der Waals surface area contributed by atoms with Crippen LogP contribution in [0.4, 0.5) is 14.5 Å². The molecule has 2 aromatic carbocycles. The second kappa shape index (κ2) is 8.55. The molecule has 3 nitrogen and oxygen atoms in total. The Kier molecular flexibility index (Phi) is 6.44. The van der Waals surface area contributed by atoms with Crippen molar-refractivity contribution in [1.82, 2.24) is 4.90 Å². The smallest absolute Gasteiger partial charge is 0.225 e. The molecule has 24 heavy (non-hydrogen) atoms. The zero-order valence-electron chi connectivity index (χ0n) is 13.9. The van der Waals surface area contributed by atoms with Crippen molar-refractivity contribution in [2.24, 2.45) is 0 Å². The van der Waals surface area contributed by atoms with Crippen LogP contribution in [0, 0.1) is 11.6 Å². The number of carbonyl (C=O) groups excluding carboxylic acids is 1. The number of carbonyl (C=O) groups is 1. The lowest BCUT2D eigenvalue weighted by Gasteiger charge is -2.26. The molecule has 0 fully saturated rings. The second-order valence-corrected chi connectivity index (χ2v) is 5.98. The molecule has 0 aliphatic heterocycles. The predicted octanol–water partition coefficient (Wildman–Crippen LogP) is 4.20. The maximum Gasteiger partial charge on any atom is 0.225 e. The van der Waals surface area contributed by atoms with Gasteiger partial charge in [-0.05, 0) is 31.5 Å². The molecule has 0 aliphatic carbocycles. The quantitative estimate of drug-likeness (QED) is 0.824. The molecule has 0 aliphatic rings. The number of nitrogens with zero attached hydrogens (tertiary/aromatic N) is 1. The summed E-state index contributed by atoms with van der Waals surface area (Å²) in [7, 11) is 0. The molecule has 0 aromatic heterocycles. The molecule has 0 unspecified atom stereocenters. The van der Waals surface area contributed by atoms with Gasteiger partial charge in [-0.25, -0.2) is 8.78 Å². The molecule has 0 saturated heterocycles. The van der Waals surface area contributed by atoms with Gasteiger partial charge in [0.15, 0.2) is 11.6 Å². The van der Waals surface area contributed by atoms with E-state index in [0.717, 1.165) is 18.7 Å². The molecule has 0 heterocycles. The molecule has 0 spiro atoms. The summed E-state index contributed by atoms with van der Waals surface area (Å²) in [4.78, 5) is 14.2. The molecule has 2 rings (SSSR count). The fourth-order valence-corrected chi connectivity index (χ4v) is 2.38. The lowest BCUT2D eigenvalue weighted by molar-refractivity contribution is -0.116. The Morgan fingerprint density at radius 1 is 1.08 bits per heavy atom. The summed E-state index contributed by atoms with van der Waals surface area (Å²) >= 11 is 0. The third-order valence-corrected chi connectivity index (χ3v) is 3.79. The van der Waals surface area contributed by atoms with Crippen molar-refractivity contribution in [3.63, 3.8) is 0 Å². The Bertz CT molecular complexity index is 674. The van der Waals surface area contributed by atoms with Gasteiger partial charge in [0.2, 0.25) is 5.91 Å². The Balaban J connectivity index is 1.89. The lowest BCUT2D eigenvalue weighted by atomic mass is 10.2. The normalized spacial score (nSPS) is 11.1. The van der Waals surface area contributed by atoms with E-state index in [1.165, 1.54) is 11.6 Å². The minimum absolute atomic E-state index is 0.222.